The van der Waals surface area contributed by atoms with Crippen molar-refractivity contribution >= 4 is 21.9 Å². The van der Waals surface area contributed by atoms with Gasteiger partial charge < -0.3 is 23.4 Å². The van der Waals surface area contributed by atoms with Crippen LogP contribution < -0.4 is 0 Å². The van der Waals surface area contributed by atoms with Crippen molar-refractivity contribution in [2.24, 2.45) is 0 Å². The van der Waals surface area contributed by atoms with Crippen LogP contribution in [0.4, 0.5) is 0 Å². The summed E-state index contributed by atoms with van der Waals surface area (Å²) in [5, 5.41) is 0. The minimum atomic E-state index is -4.33. The van der Waals surface area contributed by atoms with Gasteiger partial charge in [-0.1, -0.05) is 6.07 Å². The van der Waals surface area contributed by atoms with Crippen molar-refractivity contribution in [3.05, 3.63) is 29.3 Å². The van der Waals surface area contributed by atoms with Crippen molar-refractivity contribution in [1.29, 1.82) is 0 Å². The van der Waals surface area contributed by atoms with Crippen molar-refractivity contribution in [3.8, 4) is 0 Å². The zero-order valence-electron chi connectivity index (χ0n) is 24.3. The fourth-order valence-electron chi connectivity index (χ4n) is 5.22. The van der Waals surface area contributed by atoms with Crippen molar-refractivity contribution in [1.82, 2.24) is 4.42 Å². The average Bonchev–Trinajstić information content (AvgIpc) is 2.80. The van der Waals surface area contributed by atoms with Gasteiger partial charge in [-0.25, -0.2) is 4.42 Å². The van der Waals surface area contributed by atoms with E-state index in [-0.39, 0.29) is 22.6 Å². The van der Waals surface area contributed by atoms with E-state index in [9.17, 15) is 13.0 Å². The van der Waals surface area contributed by atoms with Gasteiger partial charge in [0.2, 0.25) is 0 Å². The number of halogens is 1. The maximum atomic E-state index is 11.7. The Morgan fingerprint density at radius 2 is 1.66 bits per heavy atom. The lowest BCUT2D eigenvalue weighted by Gasteiger charge is -2.54. The first kappa shape index (κ1) is 33.4. The maximum absolute atomic E-state index is 11.7. The number of benzene rings is 1. The summed E-state index contributed by atoms with van der Waals surface area (Å²) in [6.45, 7) is 13.8. The van der Waals surface area contributed by atoms with Gasteiger partial charge in [0.1, 0.15) is 12.6 Å². The SMILES string of the molecule is COCCOCC(OCCOCC[N+](C)(C)C1CC(C)(C)N(Cl)C(C)(C)C1)c1cc(S(=O)(=O)O)ccc1C. The standard InChI is InChI=1S/C27H47ClN2O7S/c1-21-9-10-23(38(31,32)33)17-24(21)25(20-36-14-13-34-8)37-16-15-35-12-11-30(6,7)22-18-26(2,3)29(28)27(4,5)19-22/h9-10,17,22,25H,11-16,18-20H2,1-8H3/p+1. The Balaban J connectivity index is 1.93. The van der Waals surface area contributed by atoms with E-state index in [2.05, 4.69) is 41.8 Å². The molecule has 220 valence electrons. The van der Waals surface area contributed by atoms with Crippen LogP contribution in [0.3, 0.4) is 0 Å². The first-order valence-electron chi connectivity index (χ1n) is 13.1. The van der Waals surface area contributed by atoms with Crippen LogP contribution >= 0.6 is 11.8 Å². The first-order valence-corrected chi connectivity index (χ1v) is 14.9. The summed E-state index contributed by atoms with van der Waals surface area (Å²) in [5.41, 5.74) is 1.30. The molecule has 1 aromatic rings. The van der Waals surface area contributed by atoms with Crippen molar-refractivity contribution < 1.29 is 36.4 Å². The number of methoxy groups -OCH3 is 1. The van der Waals surface area contributed by atoms with E-state index in [1.807, 2.05) is 11.3 Å². The summed E-state index contributed by atoms with van der Waals surface area (Å²) >= 11 is 6.67. The number of nitrogens with zero attached hydrogens (tertiary/aromatic N) is 2. The Morgan fingerprint density at radius 1 is 1.05 bits per heavy atom. The normalized spacial score (nSPS) is 19.5. The maximum Gasteiger partial charge on any atom is 0.294 e. The van der Waals surface area contributed by atoms with Gasteiger partial charge in [0, 0.05) is 31.0 Å². The molecule has 1 N–H and O–H groups in total. The van der Waals surface area contributed by atoms with Crippen molar-refractivity contribution in [3.63, 3.8) is 0 Å². The second-order valence-electron chi connectivity index (χ2n) is 12.0. The van der Waals surface area contributed by atoms with Gasteiger partial charge in [-0.2, -0.15) is 8.42 Å². The van der Waals surface area contributed by atoms with Gasteiger partial charge in [0.05, 0.1) is 64.7 Å². The number of ether oxygens (including phenoxy) is 4. The van der Waals surface area contributed by atoms with E-state index in [4.69, 9.17) is 30.7 Å². The Kier molecular flexibility index (Phi) is 12.0. The number of hydrogen-bond donors (Lipinski definition) is 1. The Morgan fingerprint density at radius 3 is 2.24 bits per heavy atom. The van der Waals surface area contributed by atoms with Gasteiger partial charge in [-0.3, -0.25) is 4.55 Å². The van der Waals surface area contributed by atoms with Crippen LogP contribution in [0.2, 0.25) is 0 Å². The molecule has 0 spiro atoms. The Hall–Kier alpha value is -0.820. The molecule has 0 saturated carbocycles. The number of quaternary nitrogens is 1. The molecule has 0 radical (unpaired) electrons. The van der Waals surface area contributed by atoms with Crippen LogP contribution in [-0.4, -0.2) is 106 Å². The van der Waals surface area contributed by atoms with Gasteiger partial charge in [-0.15, -0.1) is 0 Å². The second-order valence-corrected chi connectivity index (χ2v) is 13.8. The molecular formula is C27H48ClN2O7S+. The number of likely N-dealkylation sites (N-methyl/N-ethyl adjacent to an activating group) is 1. The highest BCUT2D eigenvalue weighted by molar-refractivity contribution is 7.85. The third-order valence-corrected chi connectivity index (χ3v) is 9.24. The number of aryl methyl sites for hydroxylation is 1. The summed E-state index contributed by atoms with van der Waals surface area (Å²) < 4.78 is 58.4. The summed E-state index contributed by atoms with van der Waals surface area (Å²) in [6, 6.07) is 4.92. The molecule has 1 aliphatic heterocycles. The topological polar surface area (TPSA) is 94.5 Å². The molecule has 1 unspecified atom stereocenters. The first-order chi connectivity index (χ1) is 17.5. The summed E-state index contributed by atoms with van der Waals surface area (Å²) in [4.78, 5) is -0.175. The van der Waals surface area contributed by atoms with Crippen LogP contribution in [0.15, 0.2) is 23.1 Å². The van der Waals surface area contributed by atoms with Gasteiger partial charge in [-0.05, 0) is 69.7 Å². The van der Waals surface area contributed by atoms with Crippen LogP contribution in [0, 0.1) is 6.92 Å². The number of piperidine rings is 1. The molecule has 0 aliphatic carbocycles. The highest BCUT2D eigenvalue weighted by Crippen LogP contribution is 2.42. The van der Waals surface area contributed by atoms with Crippen LogP contribution in [-0.2, 0) is 29.1 Å². The third-order valence-electron chi connectivity index (χ3n) is 7.48. The predicted octanol–water partition coefficient (Wildman–Crippen LogP) is 4.23. The van der Waals surface area contributed by atoms with E-state index in [0.717, 1.165) is 29.4 Å². The highest BCUT2D eigenvalue weighted by atomic mass is 35.5. The predicted molar refractivity (Wildman–Crippen MR) is 149 cm³/mol. The molecule has 1 saturated heterocycles. The van der Waals surface area contributed by atoms with Gasteiger partial charge in [0.15, 0.2) is 0 Å². The molecule has 0 aromatic heterocycles. The molecule has 1 aromatic carbocycles. The van der Waals surface area contributed by atoms with E-state index < -0.39 is 16.2 Å². The van der Waals surface area contributed by atoms with E-state index >= 15 is 0 Å². The largest absolute Gasteiger partial charge is 0.382 e. The Labute approximate surface area is 234 Å². The van der Waals surface area contributed by atoms with Crippen molar-refractivity contribution in [2.45, 2.75) is 75.6 Å². The van der Waals surface area contributed by atoms with Crippen molar-refractivity contribution in [2.75, 3.05) is 67.4 Å². The molecular weight excluding hydrogens is 532 g/mol. The lowest BCUT2D eigenvalue weighted by atomic mass is 9.78. The molecule has 11 heteroatoms. The lowest BCUT2D eigenvalue weighted by molar-refractivity contribution is -0.918. The molecule has 9 nitrogen and oxygen atoms in total. The summed E-state index contributed by atoms with van der Waals surface area (Å²) in [7, 11) is 1.76. The quantitative estimate of drug-likeness (QED) is 0.143. The Bertz CT molecular complexity index is 983. The molecule has 1 heterocycles. The second kappa shape index (κ2) is 13.7. The molecule has 1 atom stereocenters. The summed E-state index contributed by atoms with van der Waals surface area (Å²) in [5.74, 6) is 0. The molecule has 0 bridgehead atoms. The average molecular weight is 580 g/mol. The number of hydrogen-bond acceptors (Lipinski definition) is 7. The lowest BCUT2D eigenvalue weighted by Crippen LogP contribution is -2.64. The van der Waals surface area contributed by atoms with Crippen LogP contribution in [0.5, 0.6) is 0 Å². The third kappa shape index (κ3) is 9.38. The molecule has 38 heavy (non-hydrogen) atoms. The minimum Gasteiger partial charge on any atom is -0.382 e. The zero-order valence-corrected chi connectivity index (χ0v) is 25.9. The zero-order chi connectivity index (χ0) is 28.8. The highest BCUT2D eigenvalue weighted by Gasteiger charge is 2.49. The van der Waals surface area contributed by atoms with E-state index in [1.165, 1.54) is 12.1 Å². The molecule has 1 aliphatic rings. The smallest absolute Gasteiger partial charge is 0.294 e. The molecule has 2 rings (SSSR count). The fraction of sp³-hybridized carbons (Fsp3) is 0.778. The van der Waals surface area contributed by atoms with Crippen LogP contribution in [0.1, 0.15) is 57.8 Å². The van der Waals surface area contributed by atoms with Gasteiger partial charge in [0.25, 0.3) is 10.1 Å². The van der Waals surface area contributed by atoms with E-state index in [1.54, 1.807) is 13.2 Å². The van der Waals surface area contributed by atoms with Crippen LogP contribution in [0.25, 0.3) is 0 Å². The fourth-order valence-corrected chi connectivity index (χ4v) is 5.87. The van der Waals surface area contributed by atoms with Gasteiger partial charge >= 0.3 is 0 Å². The minimum absolute atomic E-state index is 0.0939. The number of rotatable bonds is 15. The molecule has 0 amide bonds. The summed E-state index contributed by atoms with van der Waals surface area (Å²) in [6.07, 6.45) is 1.49. The molecule has 1 fully saturated rings. The van der Waals surface area contributed by atoms with E-state index in [0.29, 0.717) is 44.6 Å². The monoisotopic (exact) mass is 579 g/mol.